The van der Waals surface area contributed by atoms with Crippen LogP contribution in [0.2, 0.25) is 0 Å². The molecule has 10 nitrogen and oxygen atoms in total. The number of esters is 1. The molecule has 0 amide bonds. The lowest BCUT2D eigenvalue weighted by Crippen LogP contribution is -2.44. The first-order chi connectivity index (χ1) is 13.7. The highest BCUT2D eigenvalue weighted by Crippen LogP contribution is 2.23. The molecule has 2 rings (SSSR count). The highest BCUT2D eigenvalue weighted by atomic mass is 31.1. The van der Waals surface area contributed by atoms with Crippen molar-refractivity contribution in [1.82, 2.24) is 24.6 Å². The molecule has 0 saturated carbocycles. The Balaban J connectivity index is 1.80. The Morgan fingerprint density at radius 2 is 2.10 bits per heavy atom. The molecule has 162 valence electrons. The van der Waals surface area contributed by atoms with Crippen LogP contribution in [-0.2, 0) is 25.4 Å². The van der Waals surface area contributed by atoms with E-state index in [1.165, 1.54) is 6.33 Å². The van der Waals surface area contributed by atoms with E-state index in [-0.39, 0.29) is 12.5 Å². The van der Waals surface area contributed by atoms with Crippen molar-refractivity contribution in [3.8, 4) is 0 Å². The zero-order valence-corrected chi connectivity index (χ0v) is 18.5. The van der Waals surface area contributed by atoms with Gasteiger partial charge in [-0.2, -0.15) is 0 Å². The second kappa shape index (κ2) is 10.7. The zero-order valence-electron chi connectivity index (χ0n) is 17.5. The van der Waals surface area contributed by atoms with Crippen LogP contribution in [0.5, 0.6) is 0 Å². The lowest BCUT2D eigenvalue weighted by Gasteiger charge is -2.24. The van der Waals surface area contributed by atoms with Crippen molar-refractivity contribution in [2.75, 3.05) is 18.7 Å². The number of nitrogen functional groups attached to an aromatic ring is 1. The minimum Gasteiger partial charge on any atom is -0.464 e. The minimum absolute atomic E-state index is 0.00211. The summed E-state index contributed by atoms with van der Waals surface area (Å²) in [6.45, 7) is 8.09. The van der Waals surface area contributed by atoms with Gasteiger partial charge in [0.1, 0.15) is 23.7 Å². The maximum absolute atomic E-state index is 12.4. The molecule has 0 aliphatic carbocycles. The molecule has 0 aromatic carbocycles. The maximum atomic E-state index is 12.4. The van der Waals surface area contributed by atoms with Crippen LogP contribution in [0, 0.1) is 0 Å². The van der Waals surface area contributed by atoms with Crippen molar-refractivity contribution in [2.45, 2.75) is 65.1 Å². The first-order valence-corrected chi connectivity index (χ1v) is 11.4. The highest BCUT2D eigenvalue weighted by Gasteiger charge is 2.30. The summed E-state index contributed by atoms with van der Waals surface area (Å²) in [5.74, 6) is -0.0949. The van der Waals surface area contributed by atoms with Crippen LogP contribution in [0.1, 0.15) is 47.0 Å². The summed E-state index contributed by atoms with van der Waals surface area (Å²) >= 11 is 0. The molecule has 0 radical (unpaired) electrons. The molecule has 0 aliphatic rings. The number of ether oxygens (including phenoxy) is 2. The van der Waals surface area contributed by atoms with Gasteiger partial charge in [0.15, 0.2) is 19.4 Å². The van der Waals surface area contributed by atoms with E-state index in [1.54, 1.807) is 24.7 Å². The number of rotatable bonds is 12. The molecular formula is C18H31N6O4P. The molecular weight excluding hydrogens is 395 g/mol. The predicted molar refractivity (Wildman–Crippen MR) is 112 cm³/mol. The van der Waals surface area contributed by atoms with Gasteiger partial charge in [-0.1, -0.05) is 19.8 Å². The topological polar surface area (TPSA) is 134 Å². The van der Waals surface area contributed by atoms with Gasteiger partial charge in [-0.25, -0.2) is 15.0 Å². The van der Waals surface area contributed by atoms with Crippen LogP contribution in [0.25, 0.3) is 11.2 Å². The highest BCUT2D eigenvalue weighted by molar-refractivity contribution is 7.42. The predicted octanol–water partition coefficient (Wildman–Crippen LogP) is 2.35. The van der Waals surface area contributed by atoms with Crippen molar-refractivity contribution in [3.63, 3.8) is 0 Å². The largest absolute Gasteiger partial charge is 0.464 e. The number of carbonyl (C=O) groups excluding carboxylic acids is 1. The number of carbonyl (C=O) groups is 1. The zero-order chi connectivity index (χ0) is 21.4. The molecule has 0 bridgehead atoms. The number of aromatic nitrogens is 4. The fourth-order valence-electron chi connectivity index (χ4n) is 2.71. The molecule has 29 heavy (non-hydrogen) atoms. The normalized spacial score (nSPS) is 14.1. The Kier molecular flexibility index (Phi) is 8.55. The third-order valence-corrected chi connectivity index (χ3v) is 5.66. The lowest BCUT2D eigenvalue weighted by atomic mass is 10.1. The Labute approximate surface area is 171 Å². The number of nitrogens with zero attached hydrogens (tertiary/aromatic N) is 4. The van der Waals surface area contributed by atoms with Gasteiger partial charge in [0.05, 0.1) is 25.6 Å². The molecule has 2 aromatic rings. The van der Waals surface area contributed by atoms with E-state index in [0.717, 1.165) is 19.3 Å². The fourth-order valence-corrected chi connectivity index (χ4v) is 4.02. The third kappa shape index (κ3) is 6.76. The van der Waals surface area contributed by atoms with Gasteiger partial charge in [0, 0.05) is 0 Å². The van der Waals surface area contributed by atoms with Crippen LogP contribution in [0.15, 0.2) is 12.7 Å². The van der Waals surface area contributed by atoms with Crippen LogP contribution < -0.4 is 10.8 Å². The summed E-state index contributed by atoms with van der Waals surface area (Å²) in [5, 5.41) is 2.84. The monoisotopic (exact) mass is 426 g/mol. The number of nitrogens with two attached hydrogens (primary N) is 1. The molecule has 0 spiro atoms. The molecule has 1 unspecified atom stereocenters. The van der Waals surface area contributed by atoms with Crippen LogP contribution in [0.4, 0.5) is 5.82 Å². The maximum Gasteiger partial charge on any atom is 0.326 e. The summed E-state index contributed by atoms with van der Waals surface area (Å²) in [7, 11) is -2.34. The lowest BCUT2D eigenvalue weighted by molar-refractivity contribution is -0.149. The Hall–Kier alpha value is -2.03. The molecule has 0 fully saturated rings. The van der Waals surface area contributed by atoms with Gasteiger partial charge in [-0.05, 0) is 27.2 Å². The first-order valence-electron chi connectivity index (χ1n) is 9.75. The summed E-state index contributed by atoms with van der Waals surface area (Å²) in [6, 6.07) is 0. The van der Waals surface area contributed by atoms with Gasteiger partial charge in [-0.15, -0.1) is 0 Å². The smallest absolute Gasteiger partial charge is 0.326 e. The average molecular weight is 426 g/mol. The van der Waals surface area contributed by atoms with Crippen molar-refractivity contribution in [2.24, 2.45) is 0 Å². The Morgan fingerprint density at radius 1 is 1.34 bits per heavy atom. The van der Waals surface area contributed by atoms with Gasteiger partial charge >= 0.3 is 5.97 Å². The number of nitrogens with one attached hydrogen (secondary N) is 1. The Bertz CT molecular complexity index is 841. The number of unbranched alkanes of at least 4 members (excludes halogenated alkanes) is 2. The van der Waals surface area contributed by atoms with E-state index < -0.39 is 19.5 Å². The summed E-state index contributed by atoms with van der Waals surface area (Å²) < 4.78 is 25.1. The molecule has 0 saturated heterocycles. The number of imidazole rings is 1. The second-order valence-electron chi connectivity index (χ2n) is 7.47. The Morgan fingerprint density at radius 3 is 2.83 bits per heavy atom. The van der Waals surface area contributed by atoms with Gasteiger partial charge in [0.2, 0.25) is 0 Å². The molecule has 2 aromatic heterocycles. The van der Waals surface area contributed by atoms with Gasteiger partial charge in [0.25, 0.3) is 0 Å². The summed E-state index contributed by atoms with van der Waals surface area (Å²) in [6.07, 6.45) is 5.65. The van der Waals surface area contributed by atoms with E-state index in [9.17, 15) is 9.36 Å². The van der Waals surface area contributed by atoms with Gasteiger partial charge in [-0.3, -0.25) is 9.88 Å². The first kappa shape index (κ1) is 23.3. The fraction of sp³-hybridized carbons (Fsp3) is 0.667. The standard InChI is InChI=1S/C18H31N6O4P/c1-5-6-7-8-27-17(25)18(3,4)23-29(26)12-28-13(2)9-24-11-22-14-15(19)20-10-21-16(14)24/h10-11,13,29H,5-9,12H2,1-4H3,(H,23,26)(H2,19,20,21)/t13-/m1/s1. The average Bonchev–Trinajstić information content (AvgIpc) is 3.07. The minimum atomic E-state index is -2.34. The van der Waals surface area contributed by atoms with E-state index in [1.807, 2.05) is 6.92 Å². The third-order valence-electron chi connectivity index (χ3n) is 4.33. The van der Waals surface area contributed by atoms with Gasteiger partial charge < -0.3 is 24.3 Å². The molecule has 11 heteroatoms. The van der Waals surface area contributed by atoms with Crippen LogP contribution in [0.3, 0.4) is 0 Å². The molecule has 2 heterocycles. The summed E-state index contributed by atoms with van der Waals surface area (Å²) in [5.41, 5.74) is 5.90. The quantitative estimate of drug-likeness (QED) is 0.298. The van der Waals surface area contributed by atoms with Crippen molar-refractivity contribution >= 4 is 30.9 Å². The molecule has 2 atom stereocenters. The van der Waals surface area contributed by atoms with E-state index in [2.05, 4.69) is 27.0 Å². The number of hydrogen-bond donors (Lipinski definition) is 2. The van der Waals surface area contributed by atoms with Crippen LogP contribution >= 0.6 is 7.95 Å². The van der Waals surface area contributed by atoms with E-state index in [4.69, 9.17) is 15.2 Å². The van der Waals surface area contributed by atoms with Crippen LogP contribution in [-0.4, -0.2) is 50.1 Å². The molecule has 0 aliphatic heterocycles. The SMILES string of the molecule is CCCCCOC(=O)C(C)(C)N[PH](=O)CO[C@H](C)Cn1cnc2c(N)ncnc21. The van der Waals surface area contributed by atoms with Crippen molar-refractivity contribution < 1.29 is 18.8 Å². The second-order valence-corrected chi connectivity index (χ2v) is 8.85. The van der Waals surface area contributed by atoms with Crippen molar-refractivity contribution in [1.29, 1.82) is 0 Å². The number of anilines is 1. The summed E-state index contributed by atoms with van der Waals surface area (Å²) in [4.78, 5) is 24.5. The van der Waals surface area contributed by atoms with E-state index in [0.29, 0.717) is 30.1 Å². The van der Waals surface area contributed by atoms with E-state index >= 15 is 0 Å². The number of hydrogen-bond acceptors (Lipinski definition) is 8. The van der Waals surface area contributed by atoms with Crippen molar-refractivity contribution in [3.05, 3.63) is 12.7 Å². The number of fused-ring (bicyclic) bond motifs is 1. The molecule has 3 N–H and O–H groups in total.